The lowest BCUT2D eigenvalue weighted by atomic mass is 10.0. The number of benzene rings is 1. The van der Waals surface area contributed by atoms with Crippen LogP contribution < -0.4 is 0 Å². The average molecular weight is 281 g/mol. The van der Waals surface area contributed by atoms with Crippen molar-refractivity contribution in [3.8, 4) is 0 Å². The first kappa shape index (κ1) is 12.9. The number of halogens is 2. The molecule has 0 atom stereocenters. The van der Waals surface area contributed by atoms with Crippen molar-refractivity contribution in [2.24, 2.45) is 10.8 Å². The highest BCUT2D eigenvalue weighted by Crippen LogP contribution is 2.72. The Morgan fingerprint density at radius 1 is 1.26 bits per heavy atom. The largest absolute Gasteiger partial charge is 0.323 e. The van der Waals surface area contributed by atoms with Gasteiger partial charge in [-0.25, -0.2) is 9.37 Å². The van der Waals surface area contributed by atoms with Gasteiger partial charge in [0.05, 0.1) is 11.4 Å². The van der Waals surface area contributed by atoms with Crippen molar-refractivity contribution in [2.75, 3.05) is 0 Å². The molecule has 1 fully saturated rings. The minimum atomic E-state index is -0.279. The van der Waals surface area contributed by atoms with E-state index in [0.29, 0.717) is 17.4 Å². The van der Waals surface area contributed by atoms with Gasteiger partial charge < -0.3 is 4.57 Å². The topological polar surface area (TPSA) is 17.8 Å². The molecule has 3 rings (SSSR count). The monoisotopic (exact) mass is 280 g/mol. The second-order valence-electron chi connectivity index (χ2n) is 6.49. The molecule has 0 amide bonds. The van der Waals surface area contributed by atoms with Gasteiger partial charge in [-0.1, -0.05) is 33.8 Å². The molecule has 0 radical (unpaired) electrons. The third kappa shape index (κ3) is 1.51. The van der Waals surface area contributed by atoms with E-state index in [1.54, 1.807) is 6.07 Å². The molecule has 2 aromatic rings. The maximum atomic E-state index is 13.9. The van der Waals surface area contributed by atoms with E-state index in [2.05, 4.69) is 37.2 Å². The summed E-state index contributed by atoms with van der Waals surface area (Å²) >= 11 is 6.01. The van der Waals surface area contributed by atoms with Crippen molar-refractivity contribution >= 4 is 22.6 Å². The predicted octanol–water partition coefficient (Wildman–Crippen LogP) is 4.52. The molecule has 1 heterocycles. The van der Waals surface area contributed by atoms with Crippen molar-refractivity contribution in [1.29, 1.82) is 0 Å². The molecule has 1 aliphatic carbocycles. The van der Waals surface area contributed by atoms with Gasteiger partial charge in [0.1, 0.15) is 11.3 Å². The molecule has 0 spiro atoms. The van der Waals surface area contributed by atoms with Gasteiger partial charge in [0.15, 0.2) is 5.82 Å². The van der Waals surface area contributed by atoms with E-state index in [1.807, 2.05) is 6.07 Å². The first-order chi connectivity index (χ1) is 8.82. The Labute approximate surface area is 117 Å². The normalized spacial score (nSPS) is 20.9. The molecule has 0 bridgehead atoms. The summed E-state index contributed by atoms with van der Waals surface area (Å²) in [6.07, 6.45) is 0. The highest BCUT2D eigenvalue weighted by atomic mass is 35.5. The van der Waals surface area contributed by atoms with Crippen LogP contribution in [0.15, 0.2) is 18.2 Å². The third-order valence-electron chi connectivity index (χ3n) is 5.07. The zero-order valence-electron chi connectivity index (χ0n) is 11.7. The summed E-state index contributed by atoms with van der Waals surface area (Å²) in [5, 5.41) is 0. The number of hydrogen-bond donors (Lipinski definition) is 0. The molecule has 0 N–H and O–H groups in total. The molecule has 1 aromatic carbocycles. The predicted molar refractivity (Wildman–Crippen MR) is 75.8 cm³/mol. The summed E-state index contributed by atoms with van der Waals surface area (Å²) in [4.78, 5) is 4.38. The highest BCUT2D eigenvalue weighted by molar-refractivity contribution is 6.16. The first-order valence-electron chi connectivity index (χ1n) is 6.53. The summed E-state index contributed by atoms with van der Waals surface area (Å²) in [6.45, 7) is 8.95. The molecule has 19 heavy (non-hydrogen) atoms. The zero-order chi connectivity index (χ0) is 14.0. The molecule has 102 valence electrons. The summed E-state index contributed by atoms with van der Waals surface area (Å²) < 4.78 is 16.0. The van der Waals surface area contributed by atoms with Crippen LogP contribution in [0.1, 0.15) is 39.6 Å². The Kier molecular flexibility index (Phi) is 2.53. The summed E-state index contributed by atoms with van der Waals surface area (Å²) in [5.74, 6) is 0.779. The van der Waals surface area contributed by atoms with Crippen LogP contribution in [0.4, 0.5) is 4.39 Å². The zero-order valence-corrected chi connectivity index (χ0v) is 12.4. The van der Waals surface area contributed by atoms with Crippen LogP contribution in [0.2, 0.25) is 0 Å². The SMILES string of the molecule is CC1(C)C(n2c(CCl)nc3c(F)cccc32)C1(C)C. The van der Waals surface area contributed by atoms with Crippen LogP contribution in [0.3, 0.4) is 0 Å². The lowest BCUT2D eigenvalue weighted by Gasteiger charge is -2.10. The number of para-hydroxylation sites is 1. The molecular formula is C15H18ClFN2. The van der Waals surface area contributed by atoms with Crippen LogP contribution in [-0.2, 0) is 5.88 Å². The van der Waals surface area contributed by atoms with Gasteiger partial charge in [-0.2, -0.15) is 0 Å². The lowest BCUT2D eigenvalue weighted by molar-refractivity contribution is 0.457. The van der Waals surface area contributed by atoms with Gasteiger partial charge in [0.25, 0.3) is 0 Å². The molecule has 0 aliphatic heterocycles. The Bertz CT molecular complexity index is 643. The Hall–Kier alpha value is -1.09. The van der Waals surface area contributed by atoms with Crippen molar-refractivity contribution in [2.45, 2.75) is 39.6 Å². The Morgan fingerprint density at radius 3 is 2.42 bits per heavy atom. The quantitative estimate of drug-likeness (QED) is 0.740. The fourth-order valence-electron chi connectivity index (χ4n) is 3.32. The van der Waals surface area contributed by atoms with Crippen LogP contribution in [0.5, 0.6) is 0 Å². The molecule has 1 aliphatic rings. The molecule has 2 nitrogen and oxygen atoms in total. The molecule has 4 heteroatoms. The van der Waals surface area contributed by atoms with Gasteiger partial charge in [-0.3, -0.25) is 0 Å². The number of alkyl halides is 1. The van der Waals surface area contributed by atoms with Crippen LogP contribution in [0.25, 0.3) is 11.0 Å². The minimum absolute atomic E-state index is 0.160. The second kappa shape index (κ2) is 3.72. The highest BCUT2D eigenvalue weighted by Gasteiger charge is 2.66. The number of rotatable bonds is 2. The second-order valence-corrected chi connectivity index (χ2v) is 6.75. The Balaban J connectivity index is 2.27. The fraction of sp³-hybridized carbons (Fsp3) is 0.533. The molecule has 0 saturated heterocycles. The first-order valence-corrected chi connectivity index (χ1v) is 7.07. The van der Waals surface area contributed by atoms with Crippen molar-refractivity contribution in [3.05, 3.63) is 29.8 Å². The smallest absolute Gasteiger partial charge is 0.151 e. The van der Waals surface area contributed by atoms with E-state index < -0.39 is 0 Å². The number of fused-ring (bicyclic) bond motifs is 1. The van der Waals surface area contributed by atoms with Crippen molar-refractivity contribution in [3.63, 3.8) is 0 Å². The van der Waals surface area contributed by atoms with Gasteiger partial charge in [0.2, 0.25) is 0 Å². The minimum Gasteiger partial charge on any atom is -0.323 e. The summed E-state index contributed by atoms with van der Waals surface area (Å²) in [6, 6.07) is 5.41. The number of nitrogens with zero attached hydrogens (tertiary/aromatic N) is 2. The van der Waals surface area contributed by atoms with Crippen molar-refractivity contribution < 1.29 is 4.39 Å². The van der Waals surface area contributed by atoms with E-state index in [4.69, 9.17) is 11.6 Å². The molecule has 1 aromatic heterocycles. The van der Waals surface area contributed by atoms with Crippen LogP contribution in [0, 0.1) is 16.6 Å². The summed E-state index contributed by atoms with van der Waals surface area (Å²) in [5.41, 5.74) is 1.59. The van der Waals surface area contributed by atoms with Gasteiger partial charge >= 0.3 is 0 Å². The van der Waals surface area contributed by atoms with Gasteiger partial charge in [-0.05, 0) is 23.0 Å². The number of aromatic nitrogens is 2. The number of imidazole rings is 1. The van der Waals surface area contributed by atoms with Crippen LogP contribution in [-0.4, -0.2) is 9.55 Å². The van der Waals surface area contributed by atoms with Gasteiger partial charge in [0, 0.05) is 6.04 Å². The molecular weight excluding hydrogens is 263 g/mol. The van der Waals surface area contributed by atoms with E-state index in [0.717, 1.165) is 11.3 Å². The molecule has 1 saturated carbocycles. The standard InChI is InChI=1S/C15H18ClFN2/c1-14(2)13(15(14,3)4)19-10-7-5-6-9(17)12(10)18-11(19)8-16/h5-7,13H,8H2,1-4H3. The van der Waals surface area contributed by atoms with E-state index in [9.17, 15) is 4.39 Å². The molecule has 0 unspecified atom stereocenters. The van der Waals surface area contributed by atoms with Crippen LogP contribution >= 0.6 is 11.6 Å². The lowest BCUT2D eigenvalue weighted by Crippen LogP contribution is -2.05. The van der Waals surface area contributed by atoms with E-state index >= 15 is 0 Å². The van der Waals surface area contributed by atoms with Crippen molar-refractivity contribution in [1.82, 2.24) is 9.55 Å². The summed E-state index contributed by atoms with van der Waals surface area (Å²) in [7, 11) is 0. The van der Waals surface area contributed by atoms with Gasteiger partial charge in [-0.15, -0.1) is 11.6 Å². The maximum Gasteiger partial charge on any atom is 0.151 e. The fourth-order valence-corrected chi connectivity index (χ4v) is 3.51. The number of hydrogen-bond acceptors (Lipinski definition) is 1. The Morgan fingerprint density at radius 2 is 1.89 bits per heavy atom. The van der Waals surface area contributed by atoms with E-state index in [-0.39, 0.29) is 16.6 Å². The average Bonchev–Trinajstić information content (AvgIpc) is 2.64. The van der Waals surface area contributed by atoms with E-state index in [1.165, 1.54) is 6.07 Å². The maximum absolute atomic E-state index is 13.9. The third-order valence-corrected chi connectivity index (χ3v) is 5.31.